The first-order chi connectivity index (χ1) is 9.56. The molecule has 4 nitrogen and oxygen atoms in total. The Morgan fingerprint density at radius 2 is 2.30 bits per heavy atom. The van der Waals surface area contributed by atoms with Crippen LogP contribution in [0, 0.1) is 17.2 Å². The quantitative estimate of drug-likeness (QED) is 0.907. The van der Waals surface area contributed by atoms with E-state index in [-0.39, 0.29) is 11.9 Å². The van der Waals surface area contributed by atoms with Gasteiger partial charge in [-0.1, -0.05) is 11.6 Å². The Labute approximate surface area is 124 Å². The number of likely N-dealkylation sites (N-methyl/N-ethyl adjacent to an activating group) is 1. The van der Waals surface area contributed by atoms with Crippen molar-refractivity contribution in [3.8, 4) is 6.07 Å². The number of amides is 1. The molecule has 0 spiro atoms. The summed E-state index contributed by atoms with van der Waals surface area (Å²) in [5.41, 5.74) is 1.34. The molecule has 1 saturated carbocycles. The van der Waals surface area contributed by atoms with E-state index in [1.807, 2.05) is 19.1 Å². The maximum atomic E-state index is 11.9. The molecule has 0 radical (unpaired) electrons. The summed E-state index contributed by atoms with van der Waals surface area (Å²) in [4.78, 5) is 14.0. The van der Waals surface area contributed by atoms with E-state index in [1.165, 1.54) is 12.8 Å². The third kappa shape index (κ3) is 3.23. The second-order valence-corrected chi connectivity index (χ2v) is 5.57. The van der Waals surface area contributed by atoms with Gasteiger partial charge in [-0.25, -0.2) is 0 Å². The monoisotopic (exact) mass is 291 g/mol. The molecule has 1 amide bonds. The zero-order valence-corrected chi connectivity index (χ0v) is 12.4. The lowest BCUT2D eigenvalue weighted by molar-refractivity contribution is -0.121. The van der Waals surface area contributed by atoms with Gasteiger partial charge in [0.1, 0.15) is 12.1 Å². The van der Waals surface area contributed by atoms with Crippen LogP contribution in [-0.4, -0.2) is 25.5 Å². The third-order valence-corrected chi connectivity index (χ3v) is 3.96. The van der Waals surface area contributed by atoms with Crippen molar-refractivity contribution in [1.82, 2.24) is 5.32 Å². The van der Waals surface area contributed by atoms with Gasteiger partial charge in [0.25, 0.3) is 0 Å². The number of halogens is 1. The number of anilines is 1. The number of hydrogen-bond acceptors (Lipinski definition) is 3. The molecule has 2 rings (SSSR count). The molecule has 0 saturated heterocycles. The third-order valence-electron chi connectivity index (χ3n) is 3.65. The highest BCUT2D eigenvalue weighted by molar-refractivity contribution is 6.32. The normalized spacial score (nSPS) is 15.3. The van der Waals surface area contributed by atoms with Gasteiger partial charge in [0.2, 0.25) is 5.91 Å². The van der Waals surface area contributed by atoms with E-state index in [0.29, 0.717) is 16.5 Å². The summed E-state index contributed by atoms with van der Waals surface area (Å²) in [6.45, 7) is 2.73. The summed E-state index contributed by atoms with van der Waals surface area (Å²) in [7, 11) is 1.64. The number of hydrogen-bond donors (Lipinski definition) is 1. The number of rotatable bonds is 5. The number of carbonyl (C=O) groups excluding carboxylic acids is 1. The van der Waals surface area contributed by atoms with Gasteiger partial charge >= 0.3 is 0 Å². The van der Waals surface area contributed by atoms with Gasteiger partial charge < -0.3 is 10.2 Å². The van der Waals surface area contributed by atoms with Crippen molar-refractivity contribution < 1.29 is 4.79 Å². The first kappa shape index (κ1) is 14.7. The predicted molar refractivity (Wildman–Crippen MR) is 79.8 cm³/mol. The van der Waals surface area contributed by atoms with Crippen molar-refractivity contribution in [1.29, 1.82) is 5.26 Å². The van der Waals surface area contributed by atoms with Crippen LogP contribution in [0.3, 0.4) is 0 Å². The van der Waals surface area contributed by atoms with Crippen LogP contribution in [0.1, 0.15) is 25.3 Å². The van der Waals surface area contributed by atoms with Gasteiger partial charge in [0, 0.05) is 19.3 Å². The molecule has 1 aliphatic rings. The lowest BCUT2D eigenvalue weighted by atomic mass is 10.1. The van der Waals surface area contributed by atoms with Gasteiger partial charge in [0.15, 0.2) is 0 Å². The molecule has 0 heterocycles. The zero-order chi connectivity index (χ0) is 14.7. The summed E-state index contributed by atoms with van der Waals surface area (Å²) in [5, 5.41) is 12.0. The number of carbonyl (C=O) groups is 1. The Bertz CT molecular complexity index is 549. The van der Waals surface area contributed by atoms with E-state index in [1.54, 1.807) is 19.2 Å². The molecule has 20 heavy (non-hydrogen) atoms. The van der Waals surface area contributed by atoms with Crippen LogP contribution in [-0.2, 0) is 4.79 Å². The van der Waals surface area contributed by atoms with Gasteiger partial charge in [-0.05, 0) is 43.9 Å². The second kappa shape index (κ2) is 6.15. The molecule has 1 aliphatic carbocycles. The van der Waals surface area contributed by atoms with Crippen LogP contribution in [0.2, 0.25) is 5.02 Å². The fraction of sp³-hybridized carbons (Fsp3) is 0.467. The minimum Gasteiger partial charge on any atom is -0.359 e. The van der Waals surface area contributed by atoms with Crippen LogP contribution in [0.25, 0.3) is 0 Å². The number of nitrogens with one attached hydrogen (secondary N) is 1. The lowest BCUT2D eigenvalue weighted by Gasteiger charge is -2.30. The van der Waals surface area contributed by atoms with E-state index in [0.717, 1.165) is 12.2 Å². The number of nitriles is 1. The molecule has 0 unspecified atom stereocenters. The van der Waals surface area contributed by atoms with Gasteiger partial charge in [-0.3, -0.25) is 4.79 Å². The van der Waals surface area contributed by atoms with E-state index in [4.69, 9.17) is 16.9 Å². The van der Waals surface area contributed by atoms with Crippen molar-refractivity contribution in [2.24, 2.45) is 5.92 Å². The zero-order valence-electron chi connectivity index (χ0n) is 11.7. The Morgan fingerprint density at radius 1 is 1.60 bits per heavy atom. The standard InChI is InChI=1S/C15H18ClN3O/c1-10(15(20)18-2)19(9-11-3-4-11)13-6-5-12(8-17)14(16)7-13/h5-7,10-11H,3-4,9H2,1-2H3,(H,18,20)/t10-/m0/s1. The Morgan fingerprint density at radius 3 is 2.80 bits per heavy atom. The van der Waals surface area contributed by atoms with E-state index < -0.39 is 0 Å². The Balaban J connectivity index is 2.28. The van der Waals surface area contributed by atoms with E-state index in [9.17, 15) is 4.79 Å². The van der Waals surface area contributed by atoms with Gasteiger partial charge in [-0.2, -0.15) is 5.26 Å². The number of nitrogens with zero attached hydrogens (tertiary/aromatic N) is 2. The highest BCUT2D eigenvalue weighted by atomic mass is 35.5. The second-order valence-electron chi connectivity index (χ2n) is 5.16. The molecule has 1 N–H and O–H groups in total. The van der Waals surface area contributed by atoms with Crippen molar-refractivity contribution >= 4 is 23.2 Å². The first-order valence-electron chi connectivity index (χ1n) is 6.74. The maximum Gasteiger partial charge on any atom is 0.242 e. The molecule has 5 heteroatoms. The topological polar surface area (TPSA) is 56.1 Å². The summed E-state index contributed by atoms with van der Waals surface area (Å²) < 4.78 is 0. The summed E-state index contributed by atoms with van der Waals surface area (Å²) in [6, 6.07) is 7.11. The van der Waals surface area contributed by atoms with Crippen molar-refractivity contribution in [3.63, 3.8) is 0 Å². The summed E-state index contributed by atoms with van der Waals surface area (Å²) in [5.74, 6) is 0.627. The Hall–Kier alpha value is -1.73. The smallest absolute Gasteiger partial charge is 0.242 e. The molecule has 1 fully saturated rings. The van der Waals surface area contributed by atoms with Crippen LogP contribution >= 0.6 is 11.6 Å². The SMILES string of the molecule is CNC(=O)[C@H](C)N(CC1CC1)c1ccc(C#N)c(Cl)c1. The first-order valence-corrected chi connectivity index (χ1v) is 7.12. The van der Waals surface area contributed by atoms with Crippen LogP contribution < -0.4 is 10.2 Å². The van der Waals surface area contributed by atoms with Crippen LogP contribution in [0.4, 0.5) is 5.69 Å². The average molecular weight is 292 g/mol. The fourth-order valence-corrected chi connectivity index (χ4v) is 2.41. The molecule has 0 bridgehead atoms. The van der Waals surface area contributed by atoms with Crippen molar-refractivity contribution in [2.45, 2.75) is 25.8 Å². The Kier molecular flexibility index (Phi) is 4.51. The van der Waals surface area contributed by atoms with Crippen LogP contribution in [0.15, 0.2) is 18.2 Å². The highest BCUT2D eigenvalue weighted by Gasteiger charge is 2.29. The molecule has 106 valence electrons. The number of benzene rings is 1. The maximum absolute atomic E-state index is 11.9. The van der Waals surface area contributed by atoms with Crippen molar-refractivity contribution in [3.05, 3.63) is 28.8 Å². The minimum absolute atomic E-state index is 0.0221. The largest absolute Gasteiger partial charge is 0.359 e. The minimum atomic E-state index is -0.260. The molecule has 0 aliphatic heterocycles. The van der Waals surface area contributed by atoms with Gasteiger partial charge in [0.05, 0.1) is 10.6 Å². The highest BCUT2D eigenvalue weighted by Crippen LogP contribution is 2.33. The molecular weight excluding hydrogens is 274 g/mol. The average Bonchev–Trinajstić information content (AvgIpc) is 3.27. The lowest BCUT2D eigenvalue weighted by Crippen LogP contribution is -2.45. The fourth-order valence-electron chi connectivity index (χ4n) is 2.19. The summed E-state index contributed by atoms with van der Waals surface area (Å²) >= 11 is 6.09. The van der Waals surface area contributed by atoms with E-state index >= 15 is 0 Å². The molecule has 1 aromatic carbocycles. The molecule has 1 atom stereocenters. The molecule has 1 aromatic rings. The summed E-state index contributed by atoms with van der Waals surface area (Å²) in [6.07, 6.45) is 2.42. The van der Waals surface area contributed by atoms with Gasteiger partial charge in [-0.15, -0.1) is 0 Å². The van der Waals surface area contributed by atoms with Crippen molar-refractivity contribution in [2.75, 3.05) is 18.5 Å². The molecular formula is C15H18ClN3O. The predicted octanol–water partition coefficient (Wildman–Crippen LogP) is 2.56. The molecule has 0 aromatic heterocycles. The van der Waals surface area contributed by atoms with Crippen LogP contribution in [0.5, 0.6) is 0 Å². The van der Waals surface area contributed by atoms with E-state index in [2.05, 4.69) is 10.2 Å².